The molecule has 0 aliphatic rings. The number of rotatable bonds is 6. The zero-order valence-electron chi connectivity index (χ0n) is 15.0. The fourth-order valence-electron chi connectivity index (χ4n) is 2.94. The van der Waals surface area contributed by atoms with Crippen molar-refractivity contribution in [1.29, 1.82) is 0 Å². The van der Waals surface area contributed by atoms with E-state index in [0.717, 1.165) is 28.1 Å². The van der Waals surface area contributed by atoms with Gasteiger partial charge >= 0.3 is 0 Å². The number of carbonyl (C=O) groups excluding carboxylic acids is 2. The summed E-state index contributed by atoms with van der Waals surface area (Å²) in [5.41, 5.74) is 3.67. The normalized spacial score (nSPS) is 10.7. The number of imidazole rings is 1. The molecule has 0 aliphatic heterocycles. The number of nitrogens with zero attached hydrogens (tertiary/aromatic N) is 2. The number of aryl methyl sites for hydroxylation is 1. The maximum atomic E-state index is 12.1. The number of nitrogens with one attached hydrogen (secondary N) is 2. The van der Waals surface area contributed by atoms with Crippen molar-refractivity contribution in [2.24, 2.45) is 0 Å². The second-order valence-corrected chi connectivity index (χ2v) is 6.20. The molecule has 6 heteroatoms. The van der Waals surface area contributed by atoms with Crippen LogP contribution >= 0.6 is 0 Å². The van der Waals surface area contributed by atoms with E-state index in [1.807, 2.05) is 43.3 Å². The van der Waals surface area contributed by atoms with E-state index in [1.54, 1.807) is 12.1 Å². The predicted octanol–water partition coefficient (Wildman–Crippen LogP) is 2.66. The summed E-state index contributed by atoms with van der Waals surface area (Å²) in [7, 11) is 0. The summed E-state index contributed by atoms with van der Waals surface area (Å²) in [5.74, 6) is 0.797. The third-order valence-electron chi connectivity index (χ3n) is 4.14. The number of benzene rings is 2. The minimum absolute atomic E-state index is 0.0284. The molecule has 134 valence electrons. The van der Waals surface area contributed by atoms with E-state index in [2.05, 4.69) is 20.2 Å². The summed E-state index contributed by atoms with van der Waals surface area (Å²) < 4.78 is 2.11. The second-order valence-electron chi connectivity index (χ2n) is 6.20. The first kappa shape index (κ1) is 17.7. The Balaban J connectivity index is 1.52. The molecule has 0 unspecified atom stereocenters. The summed E-state index contributed by atoms with van der Waals surface area (Å²) in [4.78, 5) is 27.7. The van der Waals surface area contributed by atoms with Crippen molar-refractivity contribution in [3.8, 4) is 0 Å². The van der Waals surface area contributed by atoms with E-state index in [9.17, 15) is 9.59 Å². The van der Waals surface area contributed by atoms with Crippen molar-refractivity contribution in [2.45, 2.75) is 26.8 Å². The molecule has 0 saturated heterocycles. The molecule has 0 spiro atoms. The van der Waals surface area contributed by atoms with Gasteiger partial charge in [0.25, 0.3) is 0 Å². The minimum atomic E-state index is -0.113. The fourth-order valence-corrected chi connectivity index (χ4v) is 2.94. The molecule has 3 aromatic rings. The SMILES string of the molecule is CC(=O)Nc1ccc(CC(=O)NCCn2c(C)nc3ccccc32)cc1. The number of hydrogen-bond donors (Lipinski definition) is 2. The van der Waals surface area contributed by atoms with E-state index < -0.39 is 0 Å². The Morgan fingerprint density at radius 2 is 1.81 bits per heavy atom. The zero-order valence-corrected chi connectivity index (χ0v) is 15.0. The van der Waals surface area contributed by atoms with E-state index in [-0.39, 0.29) is 11.8 Å². The van der Waals surface area contributed by atoms with Gasteiger partial charge in [-0.3, -0.25) is 9.59 Å². The van der Waals surface area contributed by atoms with Gasteiger partial charge in [0, 0.05) is 25.7 Å². The number of anilines is 1. The van der Waals surface area contributed by atoms with Gasteiger partial charge in [-0.15, -0.1) is 0 Å². The van der Waals surface area contributed by atoms with Gasteiger partial charge in [-0.05, 0) is 36.8 Å². The van der Waals surface area contributed by atoms with E-state index in [4.69, 9.17) is 0 Å². The Kier molecular flexibility index (Phi) is 5.31. The Morgan fingerprint density at radius 1 is 1.08 bits per heavy atom. The molecular formula is C20H22N4O2. The average Bonchev–Trinajstić information content (AvgIpc) is 2.92. The molecule has 6 nitrogen and oxygen atoms in total. The zero-order chi connectivity index (χ0) is 18.5. The molecule has 3 rings (SSSR count). The Hall–Kier alpha value is -3.15. The van der Waals surface area contributed by atoms with E-state index >= 15 is 0 Å². The van der Waals surface area contributed by atoms with E-state index in [1.165, 1.54) is 6.92 Å². The van der Waals surface area contributed by atoms with Crippen LogP contribution in [0.4, 0.5) is 5.69 Å². The van der Waals surface area contributed by atoms with Crippen molar-refractivity contribution in [1.82, 2.24) is 14.9 Å². The highest BCUT2D eigenvalue weighted by Gasteiger charge is 2.08. The maximum Gasteiger partial charge on any atom is 0.224 e. The summed E-state index contributed by atoms with van der Waals surface area (Å²) >= 11 is 0. The molecule has 0 aliphatic carbocycles. The lowest BCUT2D eigenvalue weighted by atomic mass is 10.1. The van der Waals surface area contributed by atoms with Crippen molar-refractivity contribution in [3.05, 3.63) is 59.9 Å². The first-order chi connectivity index (χ1) is 12.5. The fraction of sp³-hybridized carbons (Fsp3) is 0.250. The van der Waals surface area contributed by atoms with Gasteiger partial charge in [0.2, 0.25) is 11.8 Å². The number of hydrogen-bond acceptors (Lipinski definition) is 3. The average molecular weight is 350 g/mol. The largest absolute Gasteiger partial charge is 0.354 e. The Bertz CT molecular complexity index is 929. The van der Waals surface area contributed by atoms with Crippen LogP contribution in [0.15, 0.2) is 48.5 Å². The van der Waals surface area contributed by atoms with Crippen LogP contribution < -0.4 is 10.6 Å². The topological polar surface area (TPSA) is 76.0 Å². The van der Waals surface area contributed by atoms with Gasteiger partial charge in [0.15, 0.2) is 0 Å². The van der Waals surface area contributed by atoms with Gasteiger partial charge in [-0.25, -0.2) is 4.98 Å². The monoisotopic (exact) mass is 350 g/mol. The third kappa shape index (κ3) is 4.27. The van der Waals surface area contributed by atoms with Crippen LogP contribution in [-0.4, -0.2) is 27.9 Å². The second kappa shape index (κ2) is 7.82. The molecule has 0 atom stereocenters. The smallest absolute Gasteiger partial charge is 0.224 e. The molecule has 1 aromatic heterocycles. The summed E-state index contributed by atoms with van der Waals surface area (Å²) in [6.07, 6.45) is 0.310. The highest BCUT2D eigenvalue weighted by Crippen LogP contribution is 2.15. The lowest BCUT2D eigenvalue weighted by molar-refractivity contribution is -0.120. The van der Waals surface area contributed by atoms with Crippen LogP contribution in [0.25, 0.3) is 11.0 Å². The molecule has 2 N–H and O–H groups in total. The van der Waals surface area contributed by atoms with Crippen molar-refractivity contribution in [3.63, 3.8) is 0 Å². The summed E-state index contributed by atoms with van der Waals surface area (Å²) in [6.45, 7) is 4.66. The molecule has 0 bridgehead atoms. The maximum absolute atomic E-state index is 12.1. The highest BCUT2D eigenvalue weighted by atomic mass is 16.2. The van der Waals surface area contributed by atoms with Crippen molar-refractivity contribution < 1.29 is 9.59 Å². The molecule has 26 heavy (non-hydrogen) atoms. The first-order valence-corrected chi connectivity index (χ1v) is 8.58. The standard InChI is InChI=1S/C20H22N4O2/c1-14-22-18-5-3-4-6-19(18)24(14)12-11-21-20(26)13-16-7-9-17(10-8-16)23-15(2)25/h3-10H,11-13H2,1-2H3,(H,21,26)(H,23,25). The summed E-state index contributed by atoms with van der Waals surface area (Å²) in [6, 6.07) is 15.3. The van der Waals surface area contributed by atoms with Crippen molar-refractivity contribution >= 4 is 28.5 Å². The Labute approximate surface area is 152 Å². The number of amides is 2. The minimum Gasteiger partial charge on any atom is -0.354 e. The van der Waals surface area contributed by atoms with Gasteiger partial charge in [0.1, 0.15) is 5.82 Å². The highest BCUT2D eigenvalue weighted by molar-refractivity contribution is 5.88. The number of carbonyl (C=O) groups is 2. The lowest BCUT2D eigenvalue weighted by Crippen LogP contribution is -2.28. The molecule has 1 heterocycles. The van der Waals surface area contributed by atoms with Crippen LogP contribution in [0, 0.1) is 6.92 Å². The Morgan fingerprint density at radius 3 is 2.54 bits per heavy atom. The first-order valence-electron chi connectivity index (χ1n) is 8.58. The predicted molar refractivity (Wildman–Crippen MR) is 102 cm³/mol. The molecule has 0 radical (unpaired) electrons. The van der Waals surface area contributed by atoms with Crippen LogP contribution in [-0.2, 0) is 22.6 Å². The van der Waals surface area contributed by atoms with E-state index in [0.29, 0.717) is 19.5 Å². The quantitative estimate of drug-likeness (QED) is 0.718. The van der Waals surface area contributed by atoms with Crippen LogP contribution in [0.5, 0.6) is 0 Å². The van der Waals surface area contributed by atoms with Crippen LogP contribution in [0.3, 0.4) is 0 Å². The molecular weight excluding hydrogens is 328 g/mol. The van der Waals surface area contributed by atoms with Crippen LogP contribution in [0.2, 0.25) is 0 Å². The van der Waals surface area contributed by atoms with Gasteiger partial charge in [-0.2, -0.15) is 0 Å². The molecule has 0 saturated carbocycles. The third-order valence-corrected chi connectivity index (χ3v) is 4.14. The van der Waals surface area contributed by atoms with Crippen LogP contribution in [0.1, 0.15) is 18.3 Å². The van der Waals surface area contributed by atoms with Crippen molar-refractivity contribution in [2.75, 3.05) is 11.9 Å². The molecule has 2 aromatic carbocycles. The summed E-state index contributed by atoms with van der Waals surface area (Å²) in [5, 5.41) is 5.66. The lowest BCUT2D eigenvalue weighted by Gasteiger charge is -2.09. The molecule has 2 amide bonds. The van der Waals surface area contributed by atoms with Gasteiger partial charge in [-0.1, -0.05) is 24.3 Å². The number of para-hydroxylation sites is 2. The van der Waals surface area contributed by atoms with Gasteiger partial charge in [0.05, 0.1) is 17.5 Å². The number of aromatic nitrogens is 2. The van der Waals surface area contributed by atoms with Gasteiger partial charge < -0.3 is 15.2 Å². The number of fused-ring (bicyclic) bond motifs is 1. The molecule has 0 fully saturated rings.